The second kappa shape index (κ2) is 8.43. The molecule has 0 radical (unpaired) electrons. The average Bonchev–Trinajstić information content (AvgIpc) is 3.09. The van der Waals surface area contributed by atoms with Gasteiger partial charge in [-0.3, -0.25) is 4.79 Å². The number of nitrogens with one attached hydrogen (secondary N) is 2. The standard InChI is InChI=1S/C20H21ClN4O2S/c1-13-2-4-16-17(10-13)24-20(23-16)28-12-19(26)22-14-3-5-18(15(21)11-14)25-6-8-27-9-7-25/h2-5,10-11H,6-9,12H2,1H3,(H,22,26)(H,23,24). The maximum absolute atomic E-state index is 12.3. The van der Waals surface area contributed by atoms with Crippen molar-refractivity contribution >= 4 is 51.7 Å². The highest BCUT2D eigenvalue weighted by molar-refractivity contribution is 7.99. The molecule has 8 heteroatoms. The van der Waals surface area contributed by atoms with Crippen molar-refractivity contribution in [2.45, 2.75) is 12.1 Å². The summed E-state index contributed by atoms with van der Waals surface area (Å²) in [4.78, 5) is 22.2. The summed E-state index contributed by atoms with van der Waals surface area (Å²) in [6.07, 6.45) is 0. The molecule has 146 valence electrons. The predicted molar refractivity (Wildman–Crippen MR) is 115 cm³/mol. The van der Waals surface area contributed by atoms with E-state index >= 15 is 0 Å². The fraction of sp³-hybridized carbons (Fsp3) is 0.300. The molecule has 1 saturated heterocycles. The Morgan fingerprint density at radius 3 is 2.89 bits per heavy atom. The summed E-state index contributed by atoms with van der Waals surface area (Å²) in [5.74, 6) is 0.165. The number of carbonyl (C=O) groups excluding carboxylic acids is 1. The highest BCUT2D eigenvalue weighted by Gasteiger charge is 2.15. The third-order valence-corrected chi connectivity index (χ3v) is 5.71. The summed E-state index contributed by atoms with van der Waals surface area (Å²) in [5, 5.41) is 4.25. The topological polar surface area (TPSA) is 70.2 Å². The first-order valence-electron chi connectivity index (χ1n) is 9.10. The molecule has 6 nitrogen and oxygen atoms in total. The number of aromatic nitrogens is 2. The van der Waals surface area contributed by atoms with Gasteiger partial charge in [-0.25, -0.2) is 4.98 Å². The van der Waals surface area contributed by atoms with Crippen LogP contribution in [0.3, 0.4) is 0 Å². The number of halogens is 1. The van der Waals surface area contributed by atoms with Crippen LogP contribution in [0.4, 0.5) is 11.4 Å². The summed E-state index contributed by atoms with van der Waals surface area (Å²) in [7, 11) is 0. The van der Waals surface area contributed by atoms with E-state index < -0.39 is 0 Å². The Bertz CT molecular complexity index is 1000. The van der Waals surface area contributed by atoms with E-state index in [4.69, 9.17) is 16.3 Å². The Morgan fingerprint density at radius 2 is 2.11 bits per heavy atom. The molecule has 1 aliphatic heterocycles. The summed E-state index contributed by atoms with van der Waals surface area (Å²) < 4.78 is 5.37. The molecule has 1 aromatic heterocycles. The predicted octanol–water partition coefficient (Wildman–Crippen LogP) is 4.09. The summed E-state index contributed by atoms with van der Waals surface area (Å²) in [6, 6.07) is 11.7. The molecule has 0 atom stereocenters. The van der Waals surface area contributed by atoms with Gasteiger partial charge in [0.15, 0.2) is 5.16 Å². The Morgan fingerprint density at radius 1 is 1.29 bits per heavy atom. The summed E-state index contributed by atoms with van der Waals surface area (Å²) in [5.41, 5.74) is 4.71. The lowest BCUT2D eigenvalue weighted by Crippen LogP contribution is -2.36. The molecule has 0 aliphatic carbocycles. The Balaban J connectivity index is 1.35. The number of fused-ring (bicyclic) bond motifs is 1. The van der Waals surface area contributed by atoms with E-state index in [0.29, 0.717) is 23.9 Å². The number of hydrogen-bond acceptors (Lipinski definition) is 5. The average molecular weight is 417 g/mol. The van der Waals surface area contributed by atoms with E-state index in [0.717, 1.165) is 35.0 Å². The van der Waals surface area contributed by atoms with Gasteiger partial charge in [0.05, 0.1) is 40.7 Å². The Labute approximate surface area is 172 Å². The number of thioether (sulfide) groups is 1. The first-order chi connectivity index (χ1) is 13.6. The SMILES string of the molecule is Cc1ccc2nc(SCC(=O)Nc3ccc(N4CCOCC4)c(Cl)c3)[nH]c2c1. The van der Waals surface area contributed by atoms with Gasteiger partial charge in [0.2, 0.25) is 5.91 Å². The van der Waals surface area contributed by atoms with E-state index in [1.807, 2.05) is 37.3 Å². The molecule has 0 bridgehead atoms. The zero-order valence-electron chi connectivity index (χ0n) is 15.5. The number of morpholine rings is 1. The minimum atomic E-state index is -0.100. The largest absolute Gasteiger partial charge is 0.378 e. The lowest BCUT2D eigenvalue weighted by Gasteiger charge is -2.29. The first kappa shape index (κ1) is 19.1. The van der Waals surface area contributed by atoms with Gasteiger partial charge in [-0.1, -0.05) is 29.4 Å². The van der Waals surface area contributed by atoms with Gasteiger partial charge in [-0.05, 0) is 42.8 Å². The van der Waals surface area contributed by atoms with E-state index in [-0.39, 0.29) is 11.7 Å². The van der Waals surface area contributed by atoms with Crippen molar-refractivity contribution in [1.29, 1.82) is 0 Å². The van der Waals surface area contributed by atoms with Crippen molar-refractivity contribution in [2.75, 3.05) is 42.3 Å². The molecule has 28 heavy (non-hydrogen) atoms. The molecule has 0 spiro atoms. The second-order valence-electron chi connectivity index (χ2n) is 6.67. The fourth-order valence-corrected chi connectivity index (χ4v) is 4.13. The third kappa shape index (κ3) is 4.43. The number of imidazole rings is 1. The van der Waals surface area contributed by atoms with Crippen molar-refractivity contribution < 1.29 is 9.53 Å². The van der Waals surface area contributed by atoms with Crippen LogP contribution in [-0.4, -0.2) is 47.9 Å². The molecule has 0 saturated carbocycles. The molecule has 2 heterocycles. The number of aromatic amines is 1. The second-order valence-corrected chi connectivity index (χ2v) is 8.04. The molecule has 3 aromatic rings. The van der Waals surface area contributed by atoms with E-state index in [9.17, 15) is 4.79 Å². The van der Waals surface area contributed by atoms with Gasteiger partial charge < -0.3 is 19.9 Å². The van der Waals surface area contributed by atoms with Crippen LogP contribution in [0.1, 0.15) is 5.56 Å². The number of ether oxygens (including phenoxy) is 1. The minimum Gasteiger partial charge on any atom is -0.378 e. The van der Waals surface area contributed by atoms with Gasteiger partial charge >= 0.3 is 0 Å². The number of H-pyrrole nitrogens is 1. The van der Waals surface area contributed by atoms with Gasteiger partial charge in [-0.2, -0.15) is 0 Å². The molecule has 1 aliphatic rings. The third-order valence-electron chi connectivity index (χ3n) is 4.54. The number of amides is 1. The van der Waals surface area contributed by atoms with Crippen LogP contribution in [0.5, 0.6) is 0 Å². The van der Waals surface area contributed by atoms with Gasteiger partial charge in [0.25, 0.3) is 0 Å². The number of nitrogens with zero attached hydrogens (tertiary/aromatic N) is 2. The van der Waals surface area contributed by atoms with Gasteiger partial charge in [0.1, 0.15) is 0 Å². The molecule has 1 fully saturated rings. The van der Waals surface area contributed by atoms with E-state index in [1.54, 1.807) is 6.07 Å². The van der Waals surface area contributed by atoms with Crippen LogP contribution < -0.4 is 10.2 Å². The van der Waals surface area contributed by atoms with Crippen LogP contribution in [0.15, 0.2) is 41.6 Å². The highest BCUT2D eigenvalue weighted by Crippen LogP contribution is 2.29. The van der Waals surface area contributed by atoms with Crippen molar-refractivity contribution in [1.82, 2.24) is 9.97 Å². The monoisotopic (exact) mass is 416 g/mol. The molecular weight excluding hydrogens is 396 g/mol. The molecular formula is C20H21ClN4O2S. The number of hydrogen-bond donors (Lipinski definition) is 2. The minimum absolute atomic E-state index is 0.100. The van der Waals surface area contributed by atoms with Crippen molar-refractivity contribution in [3.63, 3.8) is 0 Å². The number of anilines is 2. The maximum Gasteiger partial charge on any atom is 0.234 e. The molecule has 2 N–H and O–H groups in total. The zero-order valence-corrected chi connectivity index (χ0v) is 17.1. The van der Waals surface area contributed by atoms with Gasteiger partial charge in [-0.15, -0.1) is 0 Å². The molecule has 1 amide bonds. The molecule has 0 unspecified atom stereocenters. The summed E-state index contributed by atoms with van der Waals surface area (Å²) in [6.45, 7) is 5.08. The van der Waals surface area contributed by atoms with Crippen molar-refractivity contribution in [2.24, 2.45) is 0 Å². The smallest absolute Gasteiger partial charge is 0.234 e. The van der Waals surface area contributed by atoms with Crippen LogP contribution >= 0.6 is 23.4 Å². The number of carbonyl (C=O) groups is 1. The Kier molecular flexibility index (Phi) is 5.75. The highest BCUT2D eigenvalue weighted by atomic mass is 35.5. The van der Waals surface area contributed by atoms with Crippen LogP contribution in [0, 0.1) is 6.92 Å². The number of benzene rings is 2. The van der Waals surface area contributed by atoms with Crippen molar-refractivity contribution in [3.8, 4) is 0 Å². The van der Waals surface area contributed by atoms with E-state index in [2.05, 4.69) is 20.2 Å². The molecule has 2 aromatic carbocycles. The zero-order chi connectivity index (χ0) is 19.5. The quantitative estimate of drug-likeness (QED) is 0.613. The van der Waals surface area contributed by atoms with Gasteiger partial charge in [0, 0.05) is 18.8 Å². The molecule has 4 rings (SSSR count). The first-order valence-corrected chi connectivity index (χ1v) is 10.5. The van der Waals surface area contributed by atoms with E-state index in [1.165, 1.54) is 17.3 Å². The fourth-order valence-electron chi connectivity index (χ4n) is 3.14. The Hall–Kier alpha value is -2.22. The number of rotatable bonds is 5. The van der Waals surface area contributed by atoms with Crippen molar-refractivity contribution in [3.05, 3.63) is 47.0 Å². The van der Waals surface area contributed by atoms with Crippen LogP contribution in [0.2, 0.25) is 5.02 Å². The van der Waals surface area contributed by atoms with Crippen LogP contribution in [-0.2, 0) is 9.53 Å². The maximum atomic E-state index is 12.3. The normalized spacial score (nSPS) is 14.4. The number of aryl methyl sites for hydroxylation is 1. The lowest BCUT2D eigenvalue weighted by molar-refractivity contribution is -0.113. The van der Waals surface area contributed by atoms with Crippen LogP contribution in [0.25, 0.3) is 11.0 Å². The lowest BCUT2D eigenvalue weighted by atomic mass is 10.2. The summed E-state index contributed by atoms with van der Waals surface area (Å²) >= 11 is 7.80.